The third kappa shape index (κ3) is 5.63. The molecule has 2 aromatic carbocycles. The number of nitrogens with zero attached hydrogens (tertiary/aromatic N) is 2. The maximum Gasteiger partial charge on any atom is 0.233 e. The highest BCUT2D eigenvalue weighted by atomic mass is 35.5. The molecule has 3 rings (SSSR count). The van der Waals surface area contributed by atoms with E-state index in [1.54, 1.807) is 17.0 Å². The molecule has 0 radical (unpaired) electrons. The second-order valence-corrected chi connectivity index (χ2v) is 8.21. The van der Waals surface area contributed by atoms with Crippen LogP contribution in [0.3, 0.4) is 0 Å². The first kappa shape index (κ1) is 23.7. The average molecular weight is 451 g/mol. The molecule has 0 unspecified atom stereocenters. The number of amides is 1. The second kappa shape index (κ2) is 11.1. The molecule has 0 saturated heterocycles. The lowest BCUT2D eigenvalue weighted by atomic mass is 9.96. The summed E-state index contributed by atoms with van der Waals surface area (Å²) in [5, 5.41) is 9.64. The standard InChI is InChI=1S/C27H31ClN2O2/c1-4-20(2)30(25-10-9-22-7-5-6-8-23(22)19-25)27(32)16-18-29(21(3)15-17-28)24-11-13-26(31)14-12-24/h4,6,8-15,19,31H,5,7,16-18H2,1-3H3/b20-4+,21-15+. The number of fused-ring (bicyclic) bond motifs is 1. The van der Waals surface area contributed by atoms with E-state index in [2.05, 4.69) is 29.2 Å². The maximum absolute atomic E-state index is 13.4. The Bertz CT molecular complexity index is 1040. The van der Waals surface area contributed by atoms with Crippen molar-refractivity contribution in [1.29, 1.82) is 0 Å². The summed E-state index contributed by atoms with van der Waals surface area (Å²) in [7, 11) is 0. The van der Waals surface area contributed by atoms with Gasteiger partial charge in [0, 0.05) is 41.6 Å². The van der Waals surface area contributed by atoms with Gasteiger partial charge in [0.25, 0.3) is 0 Å². The quantitative estimate of drug-likeness (QED) is 0.458. The second-order valence-electron chi connectivity index (χ2n) is 7.90. The summed E-state index contributed by atoms with van der Waals surface area (Å²) in [4.78, 5) is 17.3. The zero-order chi connectivity index (χ0) is 23.1. The molecular weight excluding hydrogens is 420 g/mol. The Labute approximate surface area is 196 Å². The minimum absolute atomic E-state index is 0.0304. The fraction of sp³-hybridized carbons (Fsp3) is 0.296. The minimum Gasteiger partial charge on any atom is -0.508 e. The number of aromatic hydroxyl groups is 1. The van der Waals surface area contributed by atoms with E-state index >= 15 is 0 Å². The van der Waals surface area contributed by atoms with Gasteiger partial charge in [-0.05, 0) is 81.1 Å². The van der Waals surface area contributed by atoms with E-state index < -0.39 is 0 Å². The molecule has 32 heavy (non-hydrogen) atoms. The molecule has 0 aromatic heterocycles. The highest BCUT2D eigenvalue weighted by Gasteiger charge is 2.20. The first-order chi connectivity index (χ1) is 15.4. The zero-order valence-electron chi connectivity index (χ0n) is 19.0. The third-order valence-corrected chi connectivity index (χ3v) is 5.95. The number of allylic oxidation sites excluding steroid dienone is 5. The number of phenols is 1. The molecule has 168 valence electrons. The molecule has 1 N–H and O–H groups in total. The van der Waals surface area contributed by atoms with Gasteiger partial charge in [0.2, 0.25) is 5.91 Å². The van der Waals surface area contributed by atoms with Crippen LogP contribution in [0, 0.1) is 0 Å². The first-order valence-electron chi connectivity index (χ1n) is 11.0. The number of anilines is 2. The van der Waals surface area contributed by atoms with E-state index in [9.17, 15) is 9.90 Å². The van der Waals surface area contributed by atoms with E-state index in [0.717, 1.165) is 35.6 Å². The average Bonchev–Trinajstić information content (AvgIpc) is 2.80. The van der Waals surface area contributed by atoms with Crippen LogP contribution in [0.5, 0.6) is 5.75 Å². The number of carbonyl (C=O) groups is 1. The predicted molar refractivity (Wildman–Crippen MR) is 135 cm³/mol. The van der Waals surface area contributed by atoms with Crippen LogP contribution in [0.2, 0.25) is 0 Å². The number of carbonyl (C=O) groups excluding carboxylic acids is 1. The molecule has 0 bridgehead atoms. The Morgan fingerprint density at radius 1 is 1.09 bits per heavy atom. The van der Waals surface area contributed by atoms with Crippen molar-refractivity contribution in [2.24, 2.45) is 0 Å². The Balaban J connectivity index is 1.84. The molecule has 0 saturated carbocycles. The van der Waals surface area contributed by atoms with Gasteiger partial charge in [-0.2, -0.15) is 0 Å². The van der Waals surface area contributed by atoms with Gasteiger partial charge in [-0.15, -0.1) is 11.6 Å². The summed E-state index contributed by atoms with van der Waals surface area (Å²) in [5.74, 6) is 0.628. The van der Waals surface area contributed by atoms with Gasteiger partial charge >= 0.3 is 0 Å². The molecule has 4 nitrogen and oxygen atoms in total. The van der Waals surface area contributed by atoms with Gasteiger partial charge in [-0.1, -0.05) is 30.4 Å². The summed E-state index contributed by atoms with van der Waals surface area (Å²) in [6.45, 7) is 6.39. The van der Waals surface area contributed by atoms with Crippen LogP contribution in [0.15, 0.2) is 72.1 Å². The van der Waals surface area contributed by atoms with Gasteiger partial charge in [-0.3, -0.25) is 9.69 Å². The van der Waals surface area contributed by atoms with E-state index in [4.69, 9.17) is 11.6 Å². The topological polar surface area (TPSA) is 43.8 Å². The molecule has 0 aliphatic heterocycles. The molecule has 0 fully saturated rings. The number of halogens is 1. The van der Waals surface area contributed by atoms with Crippen LogP contribution in [-0.4, -0.2) is 23.4 Å². The maximum atomic E-state index is 13.4. The van der Waals surface area contributed by atoms with Gasteiger partial charge < -0.3 is 10.0 Å². The Hall–Kier alpha value is -2.98. The smallest absolute Gasteiger partial charge is 0.233 e. The molecule has 2 aromatic rings. The van der Waals surface area contributed by atoms with Crippen molar-refractivity contribution in [2.45, 2.75) is 40.0 Å². The summed E-state index contributed by atoms with van der Waals surface area (Å²) in [6, 6.07) is 13.3. The zero-order valence-corrected chi connectivity index (χ0v) is 19.8. The monoisotopic (exact) mass is 450 g/mol. The van der Waals surface area contributed by atoms with Crippen LogP contribution in [0.25, 0.3) is 6.08 Å². The summed E-state index contributed by atoms with van der Waals surface area (Å²) in [6.07, 6.45) is 10.6. The molecule has 0 atom stereocenters. The lowest BCUT2D eigenvalue weighted by Gasteiger charge is -2.29. The number of benzene rings is 2. The SMILES string of the molecule is C/C=C(\C)N(C(=O)CCN(/C(C)=C/CCl)c1ccc(O)cc1)c1ccc2c(c1)C=CCC2. The van der Waals surface area contributed by atoms with Crippen LogP contribution < -0.4 is 9.80 Å². The number of aryl methyl sites for hydroxylation is 1. The molecular formula is C27H31ClN2O2. The lowest BCUT2D eigenvalue weighted by molar-refractivity contribution is -0.118. The van der Waals surface area contributed by atoms with Crippen molar-refractivity contribution in [3.63, 3.8) is 0 Å². The van der Waals surface area contributed by atoms with Crippen LogP contribution in [-0.2, 0) is 11.2 Å². The lowest BCUT2D eigenvalue weighted by Crippen LogP contribution is -2.33. The largest absolute Gasteiger partial charge is 0.508 e. The molecule has 1 aliphatic carbocycles. The van der Waals surface area contributed by atoms with Crippen LogP contribution in [0.1, 0.15) is 44.7 Å². The number of phenolic OH excluding ortho intramolecular Hbond substituents is 1. The Morgan fingerprint density at radius 2 is 1.81 bits per heavy atom. The minimum atomic E-state index is 0.0304. The summed E-state index contributed by atoms with van der Waals surface area (Å²) >= 11 is 5.93. The Morgan fingerprint density at radius 3 is 2.50 bits per heavy atom. The summed E-state index contributed by atoms with van der Waals surface area (Å²) in [5.41, 5.74) is 6.16. The number of hydrogen-bond donors (Lipinski definition) is 1. The van der Waals surface area contributed by atoms with Crippen LogP contribution in [0.4, 0.5) is 11.4 Å². The highest BCUT2D eigenvalue weighted by Crippen LogP contribution is 2.28. The molecule has 1 aliphatic rings. The molecule has 0 heterocycles. The van der Waals surface area contributed by atoms with Crippen molar-refractivity contribution >= 4 is 35.0 Å². The fourth-order valence-electron chi connectivity index (χ4n) is 3.91. The fourth-order valence-corrected chi connectivity index (χ4v) is 4.13. The van der Waals surface area contributed by atoms with Gasteiger partial charge in [-0.25, -0.2) is 0 Å². The number of hydrogen-bond acceptors (Lipinski definition) is 3. The highest BCUT2D eigenvalue weighted by molar-refractivity contribution is 6.19. The molecule has 5 heteroatoms. The van der Waals surface area contributed by atoms with E-state index in [1.807, 2.05) is 51.1 Å². The Kier molecular flexibility index (Phi) is 8.18. The van der Waals surface area contributed by atoms with Gasteiger partial charge in [0.1, 0.15) is 5.75 Å². The van der Waals surface area contributed by atoms with Gasteiger partial charge in [0.05, 0.1) is 0 Å². The van der Waals surface area contributed by atoms with E-state index in [-0.39, 0.29) is 11.7 Å². The number of rotatable bonds is 8. The van der Waals surface area contributed by atoms with Crippen molar-refractivity contribution in [2.75, 3.05) is 22.2 Å². The van der Waals surface area contributed by atoms with Crippen molar-refractivity contribution in [3.8, 4) is 5.75 Å². The van der Waals surface area contributed by atoms with Crippen LogP contribution >= 0.6 is 11.6 Å². The molecule has 0 spiro atoms. The predicted octanol–water partition coefficient (Wildman–Crippen LogP) is 6.65. The van der Waals surface area contributed by atoms with Crippen molar-refractivity contribution in [3.05, 3.63) is 83.2 Å². The van der Waals surface area contributed by atoms with Crippen molar-refractivity contribution < 1.29 is 9.90 Å². The van der Waals surface area contributed by atoms with E-state index in [0.29, 0.717) is 18.8 Å². The first-order valence-corrected chi connectivity index (χ1v) is 11.5. The number of alkyl halides is 1. The third-order valence-electron chi connectivity index (χ3n) is 5.79. The normalized spacial score (nSPS) is 13.6. The van der Waals surface area contributed by atoms with Gasteiger partial charge in [0.15, 0.2) is 0 Å². The van der Waals surface area contributed by atoms with Crippen molar-refractivity contribution in [1.82, 2.24) is 0 Å². The summed E-state index contributed by atoms with van der Waals surface area (Å²) < 4.78 is 0. The van der Waals surface area contributed by atoms with E-state index in [1.165, 1.54) is 11.1 Å². The molecule has 1 amide bonds.